The lowest BCUT2D eigenvalue weighted by molar-refractivity contribution is -0.153. The Bertz CT molecular complexity index is 1120. The van der Waals surface area contributed by atoms with E-state index >= 15 is 0 Å². The van der Waals surface area contributed by atoms with Crippen molar-refractivity contribution in [1.82, 2.24) is 14.7 Å². The van der Waals surface area contributed by atoms with Gasteiger partial charge >= 0.3 is 0 Å². The van der Waals surface area contributed by atoms with E-state index in [0.29, 0.717) is 41.8 Å². The summed E-state index contributed by atoms with van der Waals surface area (Å²) < 4.78 is 0. The average Bonchev–Trinajstić information content (AvgIpc) is 3.35. The number of rotatable bonds is 4. The van der Waals surface area contributed by atoms with Crippen LogP contribution < -0.4 is 4.90 Å². The van der Waals surface area contributed by atoms with E-state index in [9.17, 15) is 14.4 Å². The van der Waals surface area contributed by atoms with Crippen LogP contribution in [0.5, 0.6) is 0 Å². The van der Waals surface area contributed by atoms with Crippen LogP contribution in [0.3, 0.4) is 0 Å². The maximum atomic E-state index is 13.1. The molecule has 34 heavy (non-hydrogen) atoms. The van der Waals surface area contributed by atoms with Crippen molar-refractivity contribution in [2.75, 3.05) is 49.3 Å². The van der Waals surface area contributed by atoms with E-state index in [4.69, 9.17) is 11.6 Å². The molecule has 178 valence electrons. The fourth-order valence-corrected chi connectivity index (χ4v) is 6.14. The number of carbonyl (C=O) groups excluding carboxylic acids is 3. The number of benzene rings is 2. The minimum Gasteiger partial charge on any atom is -0.368 e. The van der Waals surface area contributed by atoms with E-state index in [1.807, 2.05) is 47.4 Å². The SMILES string of the molecule is Cc1ccc(Cl)cc1N1CCN(C(=O)c2ccc(CN3CC(=O)N4CSC[C@@H]4C3=O)cc2)CC1. The van der Waals surface area contributed by atoms with Gasteiger partial charge in [-0.3, -0.25) is 14.4 Å². The monoisotopic (exact) mass is 498 g/mol. The Hall–Kier alpha value is -2.71. The predicted octanol–water partition coefficient (Wildman–Crippen LogP) is 2.85. The van der Waals surface area contributed by atoms with Crippen molar-refractivity contribution in [3.05, 3.63) is 64.2 Å². The number of thioether (sulfide) groups is 1. The average molecular weight is 499 g/mol. The molecule has 0 N–H and O–H groups in total. The third-order valence-electron chi connectivity index (χ3n) is 6.78. The first kappa shape index (κ1) is 23.1. The Morgan fingerprint density at radius 1 is 1.06 bits per heavy atom. The van der Waals surface area contributed by atoms with Crippen LogP contribution in [0.15, 0.2) is 42.5 Å². The number of piperazine rings is 2. The van der Waals surface area contributed by atoms with Crippen molar-refractivity contribution in [2.24, 2.45) is 0 Å². The van der Waals surface area contributed by atoms with Gasteiger partial charge in [0.05, 0.1) is 5.88 Å². The quantitative estimate of drug-likeness (QED) is 0.648. The first-order valence-electron chi connectivity index (χ1n) is 11.5. The highest BCUT2D eigenvalue weighted by Gasteiger charge is 2.42. The van der Waals surface area contributed by atoms with Crippen LogP contribution >= 0.6 is 23.4 Å². The number of carbonyl (C=O) groups is 3. The van der Waals surface area contributed by atoms with Gasteiger partial charge in [-0.05, 0) is 42.3 Å². The fraction of sp³-hybridized carbons (Fsp3) is 0.400. The molecule has 0 bridgehead atoms. The van der Waals surface area contributed by atoms with Crippen molar-refractivity contribution >= 4 is 46.8 Å². The predicted molar refractivity (Wildman–Crippen MR) is 134 cm³/mol. The summed E-state index contributed by atoms with van der Waals surface area (Å²) in [6, 6.07) is 13.0. The molecule has 5 rings (SSSR count). The van der Waals surface area contributed by atoms with Crippen molar-refractivity contribution in [1.29, 1.82) is 0 Å². The van der Waals surface area contributed by atoms with Crippen molar-refractivity contribution in [2.45, 2.75) is 19.5 Å². The lowest BCUT2D eigenvalue weighted by Crippen LogP contribution is -2.57. The highest BCUT2D eigenvalue weighted by Crippen LogP contribution is 2.27. The standard InChI is InChI=1S/C25H27ClN4O3S/c1-17-2-7-20(26)12-21(17)27-8-10-28(11-9-27)24(32)19-5-3-18(4-6-19)13-29-14-23(31)30-16-34-15-22(30)25(29)33/h2-7,12,22H,8-11,13-16H2,1H3/t22-/m1/s1. The molecule has 9 heteroatoms. The van der Waals surface area contributed by atoms with Crippen LogP contribution in [0, 0.1) is 6.92 Å². The second kappa shape index (κ2) is 9.50. The summed E-state index contributed by atoms with van der Waals surface area (Å²) in [6.45, 7) is 5.37. The molecule has 3 saturated heterocycles. The lowest BCUT2D eigenvalue weighted by Gasteiger charge is -2.37. The minimum absolute atomic E-state index is 0.00788. The Labute approximate surface area is 208 Å². The first-order chi connectivity index (χ1) is 16.4. The molecule has 0 unspecified atom stereocenters. The smallest absolute Gasteiger partial charge is 0.253 e. The Morgan fingerprint density at radius 2 is 1.79 bits per heavy atom. The molecule has 0 spiro atoms. The molecule has 3 aliphatic heterocycles. The largest absolute Gasteiger partial charge is 0.368 e. The van der Waals surface area contributed by atoms with Gasteiger partial charge in [0.15, 0.2) is 0 Å². The molecule has 0 aromatic heterocycles. The van der Waals surface area contributed by atoms with Gasteiger partial charge < -0.3 is 19.6 Å². The van der Waals surface area contributed by atoms with Crippen molar-refractivity contribution < 1.29 is 14.4 Å². The molecule has 3 aliphatic rings. The highest BCUT2D eigenvalue weighted by atomic mass is 35.5. The molecular weight excluding hydrogens is 472 g/mol. The summed E-state index contributed by atoms with van der Waals surface area (Å²) in [5, 5.41) is 0.717. The van der Waals surface area contributed by atoms with E-state index in [1.165, 1.54) is 5.56 Å². The number of hydrogen-bond donors (Lipinski definition) is 0. The molecule has 7 nitrogen and oxygen atoms in total. The van der Waals surface area contributed by atoms with Crippen LogP contribution in [-0.2, 0) is 16.1 Å². The summed E-state index contributed by atoms with van der Waals surface area (Å²) in [4.78, 5) is 45.6. The van der Waals surface area contributed by atoms with E-state index in [-0.39, 0.29) is 30.3 Å². The summed E-state index contributed by atoms with van der Waals surface area (Å²) in [6.07, 6.45) is 0. The highest BCUT2D eigenvalue weighted by molar-refractivity contribution is 7.99. The van der Waals surface area contributed by atoms with Gasteiger partial charge in [0.25, 0.3) is 5.91 Å². The van der Waals surface area contributed by atoms with Crippen LogP contribution in [-0.4, -0.2) is 82.8 Å². The topological polar surface area (TPSA) is 64.2 Å². The second-order valence-corrected chi connectivity index (χ2v) is 10.4. The lowest BCUT2D eigenvalue weighted by atomic mass is 10.1. The van der Waals surface area contributed by atoms with E-state index < -0.39 is 0 Å². The van der Waals surface area contributed by atoms with Crippen molar-refractivity contribution in [3.63, 3.8) is 0 Å². The van der Waals surface area contributed by atoms with E-state index in [2.05, 4.69) is 11.8 Å². The zero-order valence-electron chi connectivity index (χ0n) is 19.1. The van der Waals surface area contributed by atoms with Crippen LogP contribution in [0.4, 0.5) is 5.69 Å². The summed E-state index contributed by atoms with van der Waals surface area (Å²) in [5.41, 5.74) is 3.84. The fourth-order valence-electron chi connectivity index (χ4n) is 4.80. The minimum atomic E-state index is -0.332. The second-order valence-electron chi connectivity index (χ2n) is 8.98. The van der Waals surface area contributed by atoms with Crippen LogP contribution in [0.25, 0.3) is 0 Å². The number of hydrogen-bond acceptors (Lipinski definition) is 5. The molecule has 2 aromatic rings. The maximum Gasteiger partial charge on any atom is 0.253 e. The molecule has 0 radical (unpaired) electrons. The van der Waals surface area contributed by atoms with Crippen molar-refractivity contribution in [3.8, 4) is 0 Å². The van der Waals surface area contributed by atoms with Gasteiger partial charge in [-0.15, -0.1) is 11.8 Å². The molecular formula is C25H27ClN4O3S. The number of amides is 3. The normalized spacial score (nSPS) is 20.7. The zero-order chi connectivity index (χ0) is 23.8. The molecule has 0 saturated carbocycles. The zero-order valence-corrected chi connectivity index (χ0v) is 20.6. The molecule has 3 fully saturated rings. The molecule has 3 amide bonds. The third-order valence-corrected chi connectivity index (χ3v) is 8.03. The van der Waals surface area contributed by atoms with Gasteiger partial charge in [0, 0.05) is 54.8 Å². The molecule has 0 aliphatic carbocycles. The van der Waals surface area contributed by atoms with Gasteiger partial charge in [-0.2, -0.15) is 0 Å². The van der Waals surface area contributed by atoms with Gasteiger partial charge in [0.2, 0.25) is 11.8 Å². The molecule has 1 atom stereocenters. The van der Waals surface area contributed by atoms with Gasteiger partial charge in [-0.25, -0.2) is 0 Å². The van der Waals surface area contributed by atoms with E-state index in [1.54, 1.807) is 21.6 Å². The first-order valence-corrected chi connectivity index (χ1v) is 13.0. The Balaban J connectivity index is 1.19. The number of aryl methyl sites for hydroxylation is 1. The number of halogens is 1. The molecule has 3 heterocycles. The number of anilines is 1. The number of fused-ring (bicyclic) bond motifs is 1. The van der Waals surface area contributed by atoms with Crippen LogP contribution in [0.1, 0.15) is 21.5 Å². The number of nitrogens with zero attached hydrogens (tertiary/aromatic N) is 4. The Morgan fingerprint density at radius 3 is 2.53 bits per heavy atom. The van der Waals surface area contributed by atoms with Gasteiger partial charge in [0.1, 0.15) is 12.6 Å². The summed E-state index contributed by atoms with van der Waals surface area (Å²) in [7, 11) is 0. The summed E-state index contributed by atoms with van der Waals surface area (Å²) in [5.74, 6) is 1.30. The molecule has 2 aromatic carbocycles. The third kappa shape index (κ3) is 4.49. The summed E-state index contributed by atoms with van der Waals surface area (Å²) >= 11 is 7.80. The van der Waals surface area contributed by atoms with Crippen LogP contribution in [0.2, 0.25) is 5.02 Å². The van der Waals surface area contributed by atoms with E-state index in [0.717, 1.165) is 24.3 Å². The maximum absolute atomic E-state index is 13.1. The van der Waals surface area contributed by atoms with Gasteiger partial charge in [-0.1, -0.05) is 29.8 Å². The Kier molecular flexibility index (Phi) is 6.44.